The van der Waals surface area contributed by atoms with Crippen LogP contribution in [-0.4, -0.2) is 11.7 Å². The van der Waals surface area contributed by atoms with Crippen LogP contribution in [0.3, 0.4) is 0 Å². The monoisotopic (exact) mass is 277 g/mol. The second kappa shape index (κ2) is 6.48. The normalized spacial score (nSPS) is 12.2. The summed E-state index contributed by atoms with van der Waals surface area (Å²) in [4.78, 5) is 0. The number of nitrogens with one attached hydrogen (secondary N) is 1. The zero-order valence-corrected chi connectivity index (χ0v) is 11.2. The topological polar surface area (TPSA) is 32.3 Å². The molecule has 0 radical (unpaired) electrons. The van der Waals surface area contributed by atoms with Crippen molar-refractivity contribution >= 4 is 5.69 Å². The molecular weight excluding hydrogens is 260 g/mol. The van der Waals surface area contributed by atoms with Gasteiger partial charge in [0.15, 0.2) is 11.6 Å². The summed E-state index contributed by atoms with van der Waals surface area (Å²) in [5, 5.41) is 13.1. The van der Waals surface area contributed by atoms with Gasteiger partial charge in [0, 0.05) is 12.2 Å². The zero-order valence-electron chi connectivity index (χ0n) is 11.2. The van der Waals surface area contributed by atoms with Gasteiger partial charge >= 0.3 is 0 Å². The summed E-state index contributed by atoms with van der Waals surface area (Å²) in [6.07, 6.45) is -0.0141. The van der Waals surface area contributed by atoms with Gasteiger partial charge in [-0.1, -0.05) is 31.2 Å². The van der Waals surface area contributed by atoms with Crippen LogP contribution >= 0.6 is 0 Å². The number of para-hydroxylation sites is 1. The highest BCUT2D eigenvalue weighted by Crippen LogP contribution is 2.19. The van der Waals surface area contributed by atoms with Crippen molar-refractivity contribution in [2.24, 2.45) is 0 Å². The molecule has 2 nitrogen and oxygen atoms in total. The maximum atomic E-state index is 13.1. The van der Waals surface area contributed by atoms with Crippen LogP contribution in [0.25, 0.3) is 0 Å². The number of benzene rings is 2. The molecule has 106 valence electrons. The number of aliphatic hydroxyl groups excluding tert-OH is 1. The lowest BCUT2D eigenvalue weighted by Gasteiger charge is -2.15. The predicted octanol–water partition coefficient (Wildman–Crippen LogP) is 3.67. The van der Waals surface area contributed by atoms with E-state index < -0.39 is 17.7 Å². The van der Waals surface area contributed by atoms with Crippen molar-refractivity contribution in [3.05, 3.63) is 65.2 Å². The summed E-state index contributed by atoms with van der Waals surface area (Å²) in [7, 11) is 0. The van der Waals surface area contributed by atoms with Crippen molar-refractivity contribution < 1.29 is 13.9 Å². The fourth-order valence-corrected chi connectivity index (χ4v) is 2.05. The Morgan fingerprint density at radius 3 is 2.55 bits per heavy atom. The van der Waals surface area contributed by atoms with Crippen LogP contribution < -0.4 is 5.32 Å². The molecule has 4 heteroatoms. The van der Waals surface area contributed by atoms with Crippen molar-refractivity contribution in [2.75, 3.05) is 11.9 Å². The molecule has 2 aromatic rings. The molecule has 1 unspecified atom stereocenters. The molecule has 0 aliphatic rings. The molecule has 0 fully saturated rings. The van der Waals surface area contributed by atoms with Gasteiger partial charge in [0.25, 0.3) is 0 Å². The summed E-state index contributed by atoms with van der Waals surface area (Å²) >= 11 is 0. The van der Waals surface area contributed by atoms with E-state index in [9.17, 15) is 13.9 Å². The Morgan fingerprint density at radius 2 is 1.85 bits per heavy atom. The molecule has 1 atom stereocenters. The highest BCUT2D eigenvalue weighted by atomic mass is 19.2. The maximum Gasteiger partial charge on any atom is 0.159 e. The highest BCUT2D eigenvalue weighted by Gasteiger charge is 2.11. The standard InChI is InChI=1S/C16H17F2NO/c1-2-11-5-3-4-6-15(11)19-10-16(20)12-7-8-13(17)14(18)9-12/h3-9,16,19-20H,2,10H2,1H3. The average molecular weight is 277 g/mol. The highest BCUT2D eigenvalue weighted by molar-refractivity contribution is 5.51. The molecule has 0 amide bonds. The first-order valence-corrected chi connectivity index (χ1v) is 6.56. The lowest BCUT2D eigenvalue weighted by atomic mass is 10.1. The molecule has 20 heavy (non-hydrogen) atoms. The first-order chi connectivity index (χ1) is 9.61. The summed E-state index contributed by atoms with van der Waals surface area (Å²) in [6.45, 7) is 2.29. The smallest absolute Gasteiger partial charge is 0.159 e. The number of halogens is 2. The van der Waals surface area contributed by atoms with E-state index in [2.05, 4.69) is 5.32 Å². The third-order valence-corrected chi connectivity index (χ3v) is 3.21. The van der Waals surface area contributed by atoms with Crippen molar-refractivity contribution in [1.29, 1.82) is 0 Å². The molecule has 0 heterocycles. The molecule has 0 bridgehead atoms. The van der Waals surface area contributed by atoms with Gasteiger partial charge in [-0.3, -0.25) is 0 Å². The van der Waals surface area contributed by atoms with Crippen LogP contribution in [0, 0.1) is 11.6 Å². The number of aryl methyl sites for hydroxylation is 1. The molecule has 0 aromatic heterocycles. The van der Waals surface area contributed by atoms with E-state index in [1.807, 2.05) is 31.2 Å². The Labute approximate surface area is 117 Å². The Bertz CT molecular complexity index is 586. The second-order valence-electron chi connectivity index (χ2n) is 4.58. The third-order valence-electron chi connectivity index (χ3n) is 3.21. The molecule has 2 N–H and O–H groups in total. The minimum atomic E-state index is -0.949. The molecule has 0 saturated carbocycles. The lowest BCUT2D eigenvalue weighted by Crippen LogP contribution is -2.13. The fourth-order valence-electron chi connectivity index (χ4n) is 2.05. The van der Waals surface area contributed by atoms with Gasteiger partial charge in [-0.15, -0.1) is 0 Å². The first kappa shape index (κ1) is 14.5. The molecule has 2 rings (SSSR count). The molecule has 0 aliphatic carbocycles. The third kappa shape index (κ3) is 3.33. The van der Waals surface area contributed by atoms with Crippen molar-refractivity contribution in [1.82, 2.24) is 0 Å². The Morgan fingerprint density at radius 1 is 1.10 bits per heavy atom. The Hall–Kier alpha value is -1.94. The summed E-state index contributed by atoms with van der Waals surface area (Å²) in [5.41, 5.74) is 2.44. The van der Waals surface area contributed by atoms with Crippen LogP contribution in [-0.2, 0) is 6.42 Å². The average Bonchev–Trinajstić information content (AvgIpc) is 2.47. The Balaban J connectivity index is 2.04. The van der Waals surface area contributed by atoms with Gasteiger partial charge in [-0.2, -0.15) is 0 Å². The van der Waals surface area contributed by atoms with Gasteiger partial charge in [-0.05, 0) is 35.7 Å². The minimum Gasteiger partial charge on any atom is -0.387 e. The SMILES string of the molecule is CCc1ccccc1NCC(O)c1ccc(F)c(F)c1. The van der Waals surface area contributed by atoms with Crippen LogP contribution in [0.4, 0.5) is 14.5 Å². The zero-order chi connectivity index (χ0) is 14.5. The van der Waals surface area contributed by atoms with E-state index in [-0.39, 0.29) is 6.54 Å². The second-order valence-corrected chi connectivity index (χ2v) is 4.58. The van der Waals surface area contributed by atoms with Crippen molar-refractivity contribution in [3.63, 3.8) is 0 Å². The van der Waals surface area contributed by atoms with Gasteiger partial charge in [0.1, 0.15) is 0 Å². The van der Waals surface area contributed by atoms with E-state index in [1.54, 1.807) is 0 Å². The molecule has 0 saturated heterocycles. The van der Waals surface area contributed by atoms with E-state index >= 15 is 0 Å². The lowest BCUT2D eigenvalue weighted by molar-refractivity contribution is 0.191. The number of anilines is 1. The number of aliphatic hydroxyl groups is 1. The largest absolute Gasteiger partial charge is 0.387 e. The summed E-state index contributed by atoms with van der Waals surface area (Å²) in [5.74, 6) is -1.86. The predicted molar refractivity (Wildman–Crippen MR) is 75.6 cm³/mol. The molecular formula is C16H17F2NO. The van der Waals surface area contributed by atoms with Crippen molar-refractivity contribution in [3.8, 4) is 0 Å². The minimum absolute atomic E-state index is 0.238. The maximum absolute atomic E-state index is 13.1. The summed E-state index contributed by atoms with van der Waals surface area (Å²) < 4.78 is 26.0. The van der Waals surface area contributed by atoms with Gasteiger partial charge in [-0.25, -0.2) is 8.78 Å². The van der Waals surface area contributed by atoms with E-state index in [0.717, 1.165) is 29.8 Å². The first-order valence-electron chi connectivity index (χ1n) is 6.56. The molecule has 0 spiro atoms. The van der Waals surface area contributed by atoms with Gasteiger partial charge in [0.05, 0.1) is 6.10 Å². The van der Waals surface area contributed by atoms with Crippen LogP contribution in [0.5, 0.6) is 0 Å². The molecule has 0 aliphatic heterocycles. The van der Waals surface area contributed by atoms with Crippen LogP contribution in [0.1, 0.15) is 24.2 Å². The van der Waals surface area contributed by atoms with Gasteiger partial charge < -0.3 is 10.4 Å². The quantitative estimate of drug-likeness (QED) is 0.874. The Kier molecular flexibility index (Phi) is 4.69. The number of hydrogen-bond acceptors (Lipinski definition) is 2. The number of rotatable bonds is 5. The summed E-state index contributed by atoms with van der Waals surface area (Å²) in [6, 6.07) is 11.2. The van der Waals surface area contributed by atoms with E-state index in [4.69, 9.17) is 0 Å². The van der Waals surface area contributed by atoms with Crippen LogP contribution in [0.15, 0.2) is 42.5 Å². The fraction of sp³-hybridized carbons (Fsp3) is 0.250. The molecule has 2 aromatic carbocycles. The van der Waals surface area contributed by atoms with E-state index in [0.29, 0.717) is 5.56 Å². The van der Waals surface area contributed by atoms with Crippen LogP contribution in [0.2, 0.25) is 0 Å². The van der Waals surface area contributed by atoms with E-state index in [1.165, 1.54) is 6.07 Å². The number of hydrogen-bond donors (Lipinski definition) is 2. The van der Waals surface area contributed by atoms with Crippen molar-refractivity contribution in [2.45, 2.75) is 19.4 Å². The van der Waals surface area contributed by atoms with Gasteiger partial charge in [0.2, 0.25) is 0 Å².